The summed E-state index contributed by atoms with van der Waals surface area (Å²) < 4.78 is 11.2. The topological polar surface area (TPSA) is 79.2 Å². The molecule has 2 fully saturated rings. The molecule has 2 heterocycles. The molecular weight excluding hydrogens is 358 g/mol. The highest BCUT2D eigenvalue weighted by molar-refractivity contribution is 5.90. The van der Waals surface area contributed by atoms with Gasteiger partial charge in [-0.2, -0.15) is 0 Å². The molecule has 1 saturated carbocycles. The minimum absolute atomic E-state index is 0. The summed E-state index contributed by atoms with van der Waals surface area (Å²) >= 11 is 0. The Balaban J connectivity index is 0.00000168. The van der Waals surface area contributed by atoms with Crippen molar-refractivity contribution in [2.24, 2.45) is 0 Å². The molecule has 0 radical (unpaired) electrons. The number of methoxy groups -OCH3 is 1. The van der Waals surface area contributed by atoms with Crippen molar-refractivity contribution in [1.82, 2.24) is 4.90 Å². The number of hydrogen-bond donors (Lipinski definition) is 2. The molecule has 1 aromatic rings. The number of ether oxygens (including phenoxy) is 2. The van der Waals surface area contributed by atoms with Crippen molar-refractivity contribution >= 4 is 18.2 Å². The van der Waals surface area contributed by atoms with Gasteiger partial charge in [0.25, 0.3) is 0 Å². The molecule has 1 saturated heterocycles. The molecule has 0 unspecified atom stereocenters. The monoisotopic (exact) mass is 381 g/mol. The number of likely N-dealkylation sites (tertiary alicyclic amines) is 1. The number of halogens is 1. The van der Waals surface area contributed by atoms with Crippen molar-refractivity contribution in [3.8, 4) is 11.5 Å². The largest absolute Gasteiger partial charge is 0.504 e. The van der Waals surface area contributed by atoms with Gasteiger partial charge in [-0.3, -0.25) is 9.69 Å². The number of phenols is 1. The summed E-state index contributed by atoms with van der Waals surface area (Å²) in [4.78, 5) is 15.0. The molecule has 1 spiro atoms. The van der Waals surface area contributed by atoms with Crippen molar-refractivity contribution in [1.29, 1.82) is 0 Å². The first kappa shape index (κ1) is 18.0. The second kappa shape index (κ2) is 5.83. The van der Waals surface area contributed by atoms with E-state index >= 15 is 0 Å². The van der Waals surface area contributed by atoms with Crippen LogP contribution in [0.4, 0.5) is 0 Å². The van der Waals surface area contributed by atoms with Crippen LogP contribution in [0, 0.1) is 0 Å². The lowest BCUT2D eigenvalue weighted by Crippen LogP contribution is -2.76. The van der Waals surface area contributed by atoms with Crippen molar-refractivity contribution in [2.75, 3.05) is 26.8 Å². The van der Waals surface area contributed by atoms with Crippen LogP contribution in [-0.2, 0) is 21.4 Å². The summed E-state index contributed by atoms with van der Waals surface area (Å²) in [5.74, 6) is 0.523. The number of Topliss-reactive ketones (excluding diaryl/α,β-unsaturated/α-hetero) is 1. The van der Waals surface area contributed by atoms with Crippen LogP contribution >= 0.6 is 12.4 Å². The van der Waals surface area contributed by atoms with E-state index in [0.29, 0.717) is 38.0 Å². The van der Waals surface area contributed by atoms with E-state index in [2.05, 4.69) is 4.90 Å². The van der Waals surface area contributed by atoms with Crippen LogP contribution in [0.2, 0.25) is 0 Å². The molecule has 142 valence electrons. The number of ketones is 1. The SMILES string of the molecule is COCCN1CC[C@]23c4c5ccc(O)c4O[C@H]2C(=O)CC[C@@]3(O)[C@H]1C5.Cl. The lowest BCUT2D eigenvalue weighted by Gasteiger charge is -2.62. The van der Waals surface area contributed by atoms with Gasteiger partial charge in [-0.05, 0) is 37.4 Å². The fourth-order valence-corrected chi connectivity index (χ4v) is 5.89. The number of hydrogen-bond acceptors (Lipinski definition) is 6. The van der Waals surface area contributed by atoms with Gasteiger partial charge in [0.05, 0.1) is 17.6 Å². The third kappa shape index (κ3) is 1.91. The summed E-state index contributed by atoms with van der Waals surface area (Å²) in [5, 5.41) is 22.2. The lowest BCUT2D eigenvalue weighted by molar-refractivity contribution is -0.189. The molecule has 0 aromatic heterocycles. The molecule has 1 aromatic carbocycles. The van der Waals surface area contributed by atoms with Gasteiger partial charge in [-0.1, -0.05) is 6.07 Å². The van der Waals surface area contributed by atoms with E-state index in [1.54, 1.807) is 13.2 Å². The third-order valence-electron chi connectivity index (χ3n) is 6.95. The summed E-state index contributed by atoms with van der Waals surface area (Å²) in [7, 11) is 1.69. The Morgan fingerprint density at radius 3 is 2.96 bits per heavy atom. The number of nitrogens with zero attached hydrogens (tertiary/aromatic N) is 1. The average molecular weight is 382 g/mol. The van der Waals surface area contributed by atoms with Gasteiger partial charge >= 0.3 is 0 Å². The molecule has 0 amide bonds. The first-order valence-corrected chi connectivity index (χ1v) is 9.03. The number of carbonyl (C=O) groups is 1. The van der Waals surface area contributed by atoms with Crippen LogP contribution in [0.5, 0.6) is 11.5 Å². The number of piperidine rings is 1. The number of aliphatic hydroxyl groups is 1. The normalized spacial score (nSPS) is 36.9. The van der Waals surface area contributed by atoms with Gasteiger partial charge in [-0.15, -0.1) is 12.4 Å². The number of aromatic hydroxyl groups is 1. The Kier molecular flexibility index (Phi) is 4.04. The molecule has 2 aliphatic carbocycles. The van der Waals surface area contributed by atoms with Gasteiger partial charge in [0.2, 0.25) is 0 Å². The zero-order chi connectivity index (χ0) is 17.4. The van der Waals surface area contributed by atoms with Crippen molar-refractivity contribution in [3.63, 3.8) is 0 Å². The van der Waals surface area contributed by atoms with E-state index in [4.69, 9.17) is 9.47 Å². The van der Waals surface area contributed by atoms with E-state index in [1.165, 1.54) is 0 Å². The second-order valence-electron chi connectivity index (χ2n) is 7.81. The highest BCUT2D eigenvalue weighted by atomic mass is 35.5. The molecule has 26 heavy (non-hydrogen) atoms. The maximum absolute atomic E-state index is 12.7. The van der Waals surface area contributed by atoms with Gasteiger partial charge in [0.15, 0.2) is 23.4 Å². The highest BCUT2D eigenvalue weighted by Crippen LogP contribution is 2.64. The smallest absolute Gasteiger partial charge is 0.174 e. The molecule has 6 nitrogen and oxygen atoms in total. The predicted molar refractivity (Wildman–Crippen MR) is 96.2 cm³/mol. The predicted octanol–water partition coefficient (Wildman–Crippen LogP) is 1.18. The molecule has 5 rings (SSSR count). The van der Waals surface area contributed by atoms with E-state index in [0.717, 1.165) is 24.2 Å². The van der Waals surface area contributed by atoms with E-state index < -0.39 is 17.1 Å². The molecule has 4 aliphatic rings. The lowest BCUT2D eigenvalue weighted by atomic mass is 9.49. The molecule has 4 atom stereocenters. The number of phenolic OH excluding ortho intramolecular Hbond substituents is 1. The summed E-state index contributed by atoms with van der Waals surface area (Å²) in [5.41, 5.74) is 0.236. The van der Waals surface area contributed by atoms with Crippen LogP contribution in [0.1, 0.15) is 30.4 Å². The van der Waals surface area contributed by atoms with Crippen molar-refractivity contribution < 1.29 is 24.5 Å². The standard InChI is InChI=1S/C19H23NO5.ClH/c1-24-9-8-20-7-6-18-15-11-2-3-12(21)16(15)25-17(18)13(22)4-5-19(18,23)14(20)10-11;/h2-3,14,17,21,23H,4-10H2,1H3;1H/t14-,17+,18+,19-;/m1./s1. The Bertz CT molecular complexity index is 771. The van der Waals surface area contributed by atoms with E-state index in [-0.39, 0.29) is 30.0 Å². The summed E-state index contributed by atoms with van der Waals surface area (Å²) in [6.07, 6.45) is 1.45. The average Bonchev–Trinajstić information content (AvgIpc) is 2.95. The van der Waals surface area contributed by atoms with Crippen LogP contribution in [0.3, 0.4) is 0 Å². The van der Waals surface area contributed by atoms with Crippen LogP contribution < -0.4 is 4.74 Å². The first-order chi connectivity index (χ1) is 12.0. The Hall–Kier alpha value is -1.34. The Morgan fingerprint density at radius 2 is 2.19 bits per heavy atom. The van der Waals surface area contributed by atoms with Gasteiger partial charge in [0, 0.05) is 31.7 Å². The summed E-state index contributed by atoms with van der Waals surface area (Å²) in [6, 6.07) is 3.51. The fourth-order valence-electron chi connectivity index (χ4n) is 5.89. The Morgan fingerprint density at radius 1 is 1.38 bits per heavy atom. The number of rotatable bonds is 3. The maximum Gasteiger partial charge on any atom is 0.174 e. The van der Waals surface area contributed by atoms with Crippen LogP contribution in [-0.4, -0.2) is 65.4 Å². The highest BCUT2D eigenvalue weighted by Gasteiger charge is 2.73. The van der Waals surface area contributed by atoms with Gasteiger partial charge in [0.1, 0.15) is 0 Å². The molecular formula is C19H24ClNO5. The quantitative estimate of drug-likeness (QED) is 0.818. The van der Waals surface area contributed by atoms with E-state index in [9.17, 15) is 15.0 Å². The van der Waals surface area contributed by atoms with Gasteiger partial charge < -0.3 is 19.7 Å². The fraction of sp³-hybridized carbons (Fsp3) is 0.632. The van der Waals surface area contributed by atoms with Crippen molar-refractivity contribution in [3.05, 3.63) is 23.3 Å². The third-order valence-corrected chi connectivity index (χ3v) is 6.95. The van der Waals surface area contributed by atoms with Crippen molar-refractivity contribution in [2.45, 2.75) is 48.8 Å². The zero-order valence-corrected chi connectivity index (χ0v) is 15.6. The summed E-state index contributed by atoms with van der Waals surface area (Å²) in [6.45, 7) is 2.17. The minimum Gasteiger partial charge on any atom is -0.504 e. The molecule has 2 N–H and O–H groups in total. The van der Waals surface area contributed by atoms with Gasteiger partial charge in [-0.25, -0.2) is 0 Å². The minimum atomic E-state index is -1.01. The number of benzene rings is 1. The van der Waals surface area contributed by atoms with Crippen LogP contribution in [0.25, 0.3) is 0 Å². The first-order valence-electron chi connectivity index (χ1n) is 9.03. The Labute approximate surface area is 158 Å². The second-order valence-corrected chi connectivity index (χ2v) is 7.81. The van der Waals surface area contributed by atoms with Crippen LogP contribution in [0.15, 0.2) is 12.1 Å². The maximum atomic E-state index is 12.7. The molecule has 2 bridgehead atoms. The number of carbonyl (C=O) groups excluding carboxylic acids is 1. The zero-order valence-electron chi connectivity index (χ0n) is 14.7. The molecule has 2 aliphatic heterocycles. The van der Waals surface area contributed by atoms with E-state index in [1.807, 2.05) is 6.07 Å². The molecule has 7 heteroatoms.